The minimum Gasteiger partial charge on any atom is -0.386 e. The van der Waals surface area contributed by atoms with Crippen LogP contribution in [0.4, 0.5) is 0 Å². The van der Waals surface area contributed by atoms with Crippen LogP contribution in [0.5, 0.6) is 0 Å². The van der Waals surface area contributed by atoms with Crippen LogP contribution in [0.2, 0.25) is 0 Å². The van der Waals surface area contributed by atoms with Gasteiger partial charge in [-0.05, 0) is 67.9 Å². The zero-order chi connectivity index (χ0) is 16.7. The molecule has 2 unspecified atom stereocenters. The number of carbonyl (C=O) groups is 1. The van der Waals surface area contributed by atoms with E-state index in [-0.39, 0.29) is 5.41 Å². The van der Waals surface area contributed by atoms with Crippen molar-refractivity contribution in [3.05, 3.63) is 40.9 Å². The van der Waals surface area contributed by atoms with E-state index in [1.54, 1.807) is 18.2 Å². The maximum atomic E-state index is 12.9. The highest BCUT2D eigenvalue weighted by molar-refractivity contribution is 5.86. The van der Waals surface area contributed by atoms with Gasteiger partial charge in [0.05, 0.1) is 0 Å². The van der Waals surface area contributed by atoms with Crippen molar-refractivity contribution in [2.45, 2.75) is 57.1 Å². The molecule has 4 nitrogen and oxygen atoms in total. The van der Waals surface area contributed by atoms with E-state index in [2.05, 4.69) is 5.18 Å². The number of allylic oxidation sites excluding steroid dienone is 4. The van der Waals surface area contributed by atoms with E-state index < -0.39 is 12.1 Å². The van der Waals surface area contributed by atoms with E-state index >= 15 is 0 Å². The molecular weight excluding hydrogens is 302 g/mol. The van der Waals surface area contributed by atoms with Gasteiger partial charge in [0.25, 0.3) is 0 Å². The zero-order valence-electron chi connectivity index (χ0n) is 13.9. The number of rotatable bonds is 5. The Kier molecular flexibility index (Phi) is 4.03. The van der Waals surface area contributed by atoms with Gasteiger partial charge in [-0.2, -0.15) is 4.91 Å². The predicted molar refractivity (Wildman–Crippen MR) is 92.2 cm³/mol. The molecule has 4 saturated carbocycles. The summed E-state index contributed by atoms with van der Waals surface area (Å²) >= 11 is 0. The molecule has 2 atom stereocenters. The van der Waals surface area contributed by atoms with Crippen molar-refractivity contribution >= 4 is 5.78 Å². The second-order valence-electron chi connectivity index (χ2n) is 8.34. The van der Waals surface area contributed by atoms with Gasteiger partial charge in [0.15, 0.2) is 0 Å². The fourth-order valence-electron chi connectivity index (χ4n) is 5.85. The minimum atomic E-state index is -0.869. The molecule has 0 aliphatic heterocycles. The highest BCUT2D eigenvalue weighted by Crippen LogP contribution is 2.60. The van der Waals surface area contributed by atoms with Crippen LogP contribution in [0.25, 0.3) is 0 Å². The van der Waals surface area contributed by atoms with E-state index in [1.165, 1.54) is 19.3 Å². The van der Waals surface area contributed by atoms with Gasteiger partial charge < -0.3 is 5.11 Å². The first-order valence-electron chi connectivity index (χ1n) is 9.18. The molecule has 5 rings (SSSR count). The maximum Gasteiger partial charge on any atom is 0.142 e. The van der Waals surface area contributed by atoms with E-state index in [0.29, 0.717) is 12.2 Å². The minimum absolute atomic E-state index is 0.0398. The second kappa shape index (κ2) is 6.07. The van der Waals surface area contributed by atoms with Crippen molar-refractivity contribution in [3.63, 3.8) is 0 Å². The molecule has 0 aromatic heterocycles. The molecule has 0 aromatic rings. The van der Waals surface area contributed by atoms with Crippen LogP contribution in [0.3, 0.4) is 0 Å². The van der Waals surface area contributed by atoms with E-state index in [1.807, 2.05) is 12.2 Å². The van der Waals surface area contributed by atoms with Crippen LogP contribution in [0, 0.1) is 28.1 Å². The van der Waals surface area contributed by atoms with Gasteiger partial charge in [-0.1, -0.05) is 29.5 Å². The van der Waals surface area contributed by atoms with Gasteiger partial charge in [-0.15, -0.1) is 0 Å². The first kappa shape index (κ1) is 15.9. The van der Waals surface area contributed by atoms with Crippen molar-refractivity contribution in [1.82, 2.24) is 0 Å². The SMILES string of the molecule is O=NC1C=CC(/C=C/CC(=O)C23CC4CC(CC(C4)C2)C3)=CC1O. The Labute approximate surface area is 142 Å². The number of aliphatic hydroxyl groups is 1. The number of nitrogens with zero attached hydrogens (tertiary/aromatic N) is 1. The van der Waals surface area contributed by atoms with Crippen LogP contribution in [-0.2, 0) is 4.79 Å². The van der Waals surface area contributed by atoms with Gasteiger partial charge in [-0.3, -0.25) is 4.79 Å². The van der Waals surface area contributed by atoms with Gasteiger partial charge in [-0.25, -0.2) is 0 Å². The molecule has 4 bridgehead atoms. The number of aliphatic hydroxyl groups excluding tert-OH is 1. The molecule has 0 saturated heterocycles. The summed E-state index contributed by atoms with van der Waals surface area (Å²) < 4.78 is 0. The van der Waals surface area contributed by atoms with Gasteiger partial charge in [0.1, 0.15) is 17.9 Å². The summed E-state index contributed by atoms with van der Waals surface area (Å²) in [5.74, 6) is 2.77. The lowest BCUT2D eigenvalue weighted by Crippen LogP contribution is -2.49. The smallest absolute Gasteiger partial charge is 0.142 e. The van der Waals surface area contributed by atoms with Crippen molar-refractivity contribution in [2.24, 2.45) is 28.3 Å². The molecule has 24 heavy (non-hydrogen) atoms. The van der Waals surface area contributed by atoms with Crippen LogP contribution in [-0.4, -0.2) is 23.0 Å². The van der Waals surface area contributed by atoms with Gasteiger partial charge in [0, 0.05) is 11.8 Å². The average molecular weight is 327 g/mol. The summed E-state index contributed by atoms with van der Waals surface area (Å²) in [6, 6.07) is -0.698. The third-order valence-electron chi connectivity index (χ3n) is 6.56. The van der Waals surface area contributed by atoms with Crippen LogP contribution in [0.1, 0.15) is 44.9 Å². The highest BCUT2D eigenvalue weighted by atomic mass is 16.3. The Hall–Kier alpha value is -1.55. The lowest BCUT2D eigenvalue weighted by molar-refractivity contribution is -0.142. The molecule has 0 heterocycles. The predicted octanol–water partition coefficient (Wildman–Crippen LogP) is 3.71. The number of nitroso groups, excluding NO2 is 1. The summed E-state index contributed by atoms with van der Waals surface area (Å²) in [5.41, 5.74) is 0.794. The normalized spacial score (nSPS) is 43.2. The number of Topliss-reactive ketones (excluding diaryl/α,β-unsaturated/α-hetero) is 1. The van der Waals surface area contributed by atoms with E-state index in [0.717, 1.165) is 42.6 Å². The summed E-state index contributed by atoms with van der Waals surface area (Å²) in [7, 11) is 0. The highest BCUT2D eigenvalue weighted by Gasteiger charge is 2.53. The molecule has 4 fully saturated rings. The summed E-state index contributed by atoms with van der Waals surface area (Å²) in [4.78, 5) is 23.4. The van der Waals surface area contributed by atoms with Crippen LogP contribution in [0.15, 0.2) is 41.1 Å². The van der Waals surface area contributed by atoms with Crippen molar-refractivity contribution in [3.8, 4) is 0 Å². The fourth-order valence-corrected chi connectivity index (χ4v) is 5.85. The molecule has 0 radical (unpaired) electrons. The van der Waals surface area contributed by atoms with Crippen LogP contribution < -0.4 is 0 Å². The van der Waals surface area contributed by atoms with E-state index in [9.17, 15) is 14.8 Å². The van der Waals surface area contributed by atoms with Gasteiger partial charge in [0.2, 0.25) is 0 Å². The lowest BCUT2D eigenvalue weighted by Gasteiger charge is -2.56. The number of hydrogen-bond acceptors (Lipinski definition) is 4. The third-order valence-corrected chi connectivity index (χ3v) is 6.56. The molecular formula is C20H25NO3. The van der Waals surface area contributed by atoms with Crippen molar-refractivity contribution in [2.75, 3.05) is 0 Å². The maximum absolute atomic E-state index is 12.9. The Morgan fingerprint density at radius 2 is 1.83 bits per heavy atom. The molecule has 5 aliphatic carbocycles. The van der Waals surface area contributed by atoms with E-state index in [4.69, 9.17) is 0 Å². The Morgan fingerprint density at radius 1 is 1.21 bits per heavy atom. The Morgan fingerprint density at radius 3 is 2.38 bits per heavy atom. The fraction of sp³-hybridized carbons (Fsp3) is 0.650. The third kappa shape index (κ3) is 2.81. The molecule has 0 spiro atoms. The Balaban J connectivity index is 1.39. The van der Waals surface area contributed by atoms with Crippen LogP contribution >= 0.6 is 0 Å². The summed E-state index contributed by atoms with van der Waals surface area (Å²) in [6.07, 6.45) is 15.8. The molecule has 5 aliphatic rings. The zero-order valence-corrected chi connectivity index (χ0v) is 13.9. The molecule has 1 N–H and O–H groups in total. The largest absolute Gasteiger partial charge is 0.386 e. The first-order valence-corrected chi connectivity index (χ1v) is 9.18. The molecule has 0 amide bonds. The second-order valence-corrected chi connectivity index (χ2v) is 8.34. The monoisotopic (exact) mass is 327 g/mol. The van der Waals surface area contributed by atoms with Crippen molar-refractivity contribution < 1.29 is 9.90 Å². The Bertz CT molecular complexity index is 596. The molecule has 4 heteroatoms. The average Bonchev–Trinajstić information content (AvgIpc) is 2.53. The lowest BCUT2D eigenvalue weighted by atomic mass is 9.48. The number of carbonyl (C=O) groups excluding carboxylic acids is 1. The first-order chi connectivity index (χ1) is 11.6. The van der Waals surface area contributed by atoms with Gasteiger partial charge >= 0.3 is 0 Å². The number of ketones is 1. The number of hydrogen-bond donors (Lipinski definition) is 1. The summed E-state index contributed by atoms with van der Waals surface area (Å²) in [6.45, 7) is 0. The molecule has 0 aromatic carbocycles. The van der Waals surface area contributed by atoms with Crippen molar-refractivity contribution in [1.29, 1.82) is 0 Å². The summed E-state index contributed by atoms with van der Waals surface area (Å²) in [5, 5.41) is 12.6. The quantitative estimate of drug-likeness (QED) is 0.783. The topological polar surface area (TPSA) is 66.7 Å². The standard InChI is InChI=1S/C20H25NO3/c22-18-9-13(4-5-17(18)21-24)2-1-3-19(23)20-10-14-6-15(11-20)8-16(7-14)12-20/h1-2,4-5,9,14-18,22H,3,6-8,10-12H2/b2-1+. The molecule has 128 valence electrons.